The van der Waals surface area contributed by atoms with Crippen LogP contribution in [0.2, 0.25) is 0 Å². The van der Waals surface area contributed by atoms with E-state index in [0.717, 1.165) is 19.5 Å². The summed E-state index contributed by atoms with van der Waals surface area (Å²) in [4.78, 5) is 15.4. The molecule has 1 fully saturated rings. The Morgan fingerprint density at radius 1 is 1.57 bits per heavy atom. The van der Waals surface area contributed by atoms with Crippen molar-refractivity contribution in [2.45, 2.75) is 26.2 Å². The topological polar surface area (TPSA) is 32.7 Å². The standard InChI is InChI=1S/C11H16N2O/c1-2-13-8-4-6-11(9-13)5-3-7-12-10-14/h11H,2,4-6,8-9H2,1H3. The number of rotatable bonds is 2. The van der Waals surface area contributed by atoms with E-state index in [4.69, 9.17) is 0 Å². The van der Waals surface area contributed by atoms with Crippen LogP contribution in [0.5, 0.6) is 0 Å². The highest BCUT2D eigenvalue weighted by Gasteiger charge is 2.17. The van der Waals surface area contributed by atoms with Crippen molar-refractivity contribution in [3.05, 3.63) is 0 Å². The molecule has 0 amide bonds. The molecule has 0 aliphatic carbocycles. The van der Waals surface area contributed by atoms with E-state index in [1.54, 1.807) is 0 Å². The van der Waals surface area contributed by atoms with E-state index >= 15 is 0 Å². The molecule has 1 aliphatic heterocycles. The number of piperidine rings is 1. The minimum absolute atomic E-state index is 0.651. The van der Waals surface area contributed by atoms with Gasteiger partial charge in [-0.1, -0.05) is 12.8 Å². The van der Waals surface area contributed by atoms with Gasteiger partial charge in [0.2, 0.25) is 6.08 Å². The summed E-state index contributed by atoms with van der Waals surface area (Å²) >= 11 is 0. The highest BCUT2D eigenvalue weighted by Crippen LogP contribution is 2.18. The fourth-order valence-electron chi connectivity index (χ4n) is 1.86. The number of aliphatic imine (C=N–C) groups is 1. The first-order chi connectivity index (χ1) is 6.86. The zero-order chi connectivity index (χ0) is 10.2. The molecule has 0 aromatic heterocycles. The van der Waals surface area contributed by atoms with Crippen molar-refractivity contribution in [1.29, 1.82) is 0 Å². The van der Waals surface area contributed by atoms with Crippen LogP contribution in [0.15, 0.2) is 4.99 Å². The second-order valence-electron chi connectivity index (χ2n) is 3.60. The summed E-state index contributed by atoms with van der Waals surface area (Å²) in [6.07, 6.45) is 4.77. The van der Waals surface area contributed by atoms with Crippen molar-refractivity contribution in [3.63, 3.8) is 0 Å². The Kier molecular flexibility index (Phi) is 4.99. The van der Waals surface area contributed by atoms with Crippen LogP contribution in [0, 0.1) is 17.9 Å². The molecule has 0 bridgehead atoms. The van der Waals surface area contributed by atoms with Crippen LogP contribution < -0.4 is 0 Å². The quantitative estimate of drug-likeness (QED) is 0.376. The lowest BCUT2D eigenvalue weighted by atomic mass is 9.95. The van der Waals surface area contributed by atoms with Crippen LogP contribution in [0.3, 0.4) is 0 Å². The SMILES string of the molecule is CCN1CCCC(CC#CN=C=O)C1. The monoisotopic (exact) mass is 192 g/mol. The van der Waals surface area contributed by atoms with Gasteiger partial charge < -0.3 is 4.90 Å². The average molecular weight is 192 g/mol. The third-order valence-electron chi connectivity index (χ3n) is 2.62. The normalized spacial score (nSPS) is 21.9. The molecule has 1 rings (SSSR count). The Bertz CT molecular complexity index is 271. The van der Waals surface area contributed by atoms with Gasteiger partial charge in [0.1, 0.15) is 0 Å². The van der Waals surface area contributed by atoms with Gasteiger partial charge in [-0.2, -0.15) is 0 Å². The van der Waals surface area contributed by atoms with Crippen molar-refractivity contribution in [2.75, 3.05) is 19.6 Å². The molecule has 0 spiro atoms. The fraction of sp³-hybridized carbons (Fsp3) is 0.727. The van der Waals surface area contributed by atoms with Crippen molar-refractivity contribution in [3.8, 4) is 12.0 Å². The molecule has 1 aliphatic rings. The summed E-state index contributed by atoms with van der Waals surface area (Å²) < 4.78 is 0. The number of hydrogen-bond acceptors (Lipinski definition) is 3. The summed E-state index contributed by atoms with van der Waals surface area (Å²) in [5.41, 5.74) is 0. The molecule has 1 atom stereocenters. The Labute approximate surface area is 85.2 Å². The second-order valence-corrected chi connectivity index (χ2v) is 3.60. The maximum absolute atomic E-state index is 9.75. The van der Waals surface area contributed by atoms with Crippen LogP contribution >= 0.6 is 0 Å². The van der Waals surface area contributed by atoms with E-state index in [1.165, 1.54) is 25.5 Å². The number of hydrogen-bond donors (Lipinski definition) is 0. The first-order valence-corrected chi connectivity index (χ1v) is 5.14. The number of carbonyl (C=O) groups excluding carboxylic acids is 1. The third kappa shape index (κ3) is 3.74. The van der Waals surface area contributed by atoms with E-state index in [1.807, 2.05) is 0 Å². The summed E-state index contributed by atoms with van der Waals surface area (Å²) in [6, 6.07) is 2.45. The molecule has 0 saturated carbocycles. The molecule has 76 valence electrons. The van der Waals surface area contributed by atoms with E-state index in [9.17, 15) is 4.79 Å². The zero-order valence-corrected chi connectivity index (χ0v) is 8.62. The third-order valence-corrected chi connectivity index (χ3v) is 2.62. The van der Waals surface area contributed by atoms with Crippen molar-refractivity contribution in [2.24, 2.45) is 10.9 Å². The maximum atomic E-state index is 9.75. The molecule has 3 nitrogen and oxygen atoms in total. The minimum atomic E-state index is 0.651. The van der Waals surface area contributed by atoms with Gasteiger partial charge >= 0.3 is 0 Å². The molecule has 3 heteroatoms. The molecular weight excluding hydrogens is 176 g/mol. The Morgan fingerprint density at radius 2 is 2.43 bits per heavy atom. The van der Waals surface area contributed by atoms with Gasteiger partial charge in [-0.25, -0.2) is 4.79 Å². The van der Waals surface area contributed by atoms with Gasteiger partial charge in [0.15, 0.2) is 0 Å². The number of isocyanates is 1. The van der Waals surface area contributed by atoms with Crippen LogP contribution in [-0.2, 0) is 4.79 Å². The predicted molar refractivity (Wildman–Crippen MR) is 55.4 cm³/mol. The molecule has 1 unspecified atom stereocenters. The molecule has 0 radical (unpaired) electrons. The Balaban J connectivity index is 2.31. The predicted octanol–water partition coefficient (Wildman–Crippen LogP) is 1.41. The van der Waals surface area contributed by atoms with Gasteiger partial charge in [-0.05, 0) is 31.8 Å². The molecule has 1 heterocycles. The van der Waals surface area contributed by atoms with E-state index in [-0.39, 0.29) is 0 Å². The van der Waals surface area contributed by atoms with Crippen molar-refractivity contribution in [1.82, 2.24) is 4.90 Å². The number of nitrogens with zero attached hydrogens (tertiary/aromatic N) is 2. The fourth-order valence-corrected chi connectivity index (χ4v) is 1.86. The lowest BCUT2D eigenvalue weighted by Crippen LogP contribution is -2.34. The van der Waals surface area contributed by atoms with Crippen LogP contribution in [0.1, 0.15) is 26.2 Å². The van der Waals surface area contributed by atoms with Crippen molar-refractivity contribution >= 4 is 6.08 Å². The van der Waals surface area contributed by atoms with E-state index in [0.29, 0.717) is 5.92 Å². The van der Waals surface area contributed by atoms with Crippen LogP contribution in [0.4, 0.5) is 0 Å². The summed E-state index contributed by atoms with van der Waals surface area (Å²) in [5.74, 6) is 3.55. The number of likely N-dealkylation sites (tertiary alicyclic amines) is 1. The molecule has 14 heavy (non-hydrogen) atoms. The lowest BCUT2D eigenvalue weighted by molar-refractivity contribution is 0.185. The average Bonchev–Trinajstić information content (AvgIpc) is 2.25. The van der Waals surface area contributed by atoms with Gasteiger partial charge in [-0.3, -0.25) is 0 Å². The minimum Gasteiger partial charge on any atom is -0.303 e. The molecule has 0 N–H and O–H groups in total. The summed E-state index contributed by atoms with van der Waals surface area (Å²) in [5, 5.41) is 0. The summed E-state index contributed by atoms with van der Waals surface area (Å²) in [7, 11) is 0. The van der Waals surface area contributed by atoms with Gasteiger partial charge in [-0.15, -0.1) is 4.99 Å². The molecule has 1 saturated heterocycles. The van der Waals surface area contributed by atoms with E-state index < -0.39 is 0 Å². The second kappa shape index (κ2) is 6.37. The van der Waals surface area contributed by atoms with Gasteiger partial charge in [0.05, 0.1) is 0 Å². The smallest absolute Gasteiger partial charge is 0.249 e. The lowest BCUT2D eigenvalue weighted by Gasteiger charge is -2.30. The highest BCUT2D eigenvalue weighted by molar-refractivity contribution is 5.36. The van der Waals surface area contributed by atoms with Crippen LogP contribution in [-0.4, -0.2) is 30.6 Å². The molecular formula is C11H16N2O. The Hall–Kier alpha value is -1.10. The van der Waals surface area contributed by atoms with E-state index in [2.05, 4.69) is 28.8 Å². The maximum Gasteiger partial charge on any atom is 0.249 e. The van der Waals surface area contributed by atoms with Gasteiger partial charge in [0, 0.05) is 19.0 Å². The van der Waals surface area contributed by atoms with Crippen LogP contribution in [0.25, 0.3) is 0 Å². The summed E-state index contributed by atoms with van der Waals surface area (Å²) in [6.45, 7) is 5.66. The van der Waals surface area contributed by atoms with Crippen molar-refractivity contribution < 1.29 is 4.79 Å². The first kappa shape index (κ1) is 11.0. The molecule has 0 aromatic rings. The Morgan fingerprint density at radius 3 is 3.14 bits per heavy atom. The van der Waals surface area contributed by atoms with Gasteiger partial charge in [0.25, 0.3) is 0 Å². The highest BCUT2D eigenvalue weighted by atomic mass is 16.1. The molecule has 0 aromatic carbocycles. The first-order valence-electron chi connectivity index (χ1n) is 5.14. The zero-order valence-electron chi connectivity index (χ0n) is 8.62. The largest absolute Gasteiger partial charge is 0.303 e.